The quantitative estimate of drug-likeness (QED) is 0.790. The average molecular weight is 399 g/mol. The largest absolute Gasteiger partial charge is 0.356 e. The van der Waals surface area contributed by atoms with E-state index in [0.717, 1.165) is 61.5 Å². The van der Waals surface area contributed by atoms with Crippen LogP contribution in [-0.2, 0) is 13.0 Å². The molecule has 0 radical (unpaired) electrons. The Hall–Kier alpha value is -2.31. The lowest BCUT2D eigenvalue weighted by Gasteiger charge is -2.37. The topological polar surface area (TPSA) is 64.6 Å². The minimum atomic E-state index is -0.0335. The molecule has 0 aliphatic carbocycles. The lowest BCUT2D eigenvalue weighted by Crippen LogP contribution is -2.44. The number of hydrogen-bond donors (Lipinski definition) is 1. The zero-order valence-electron chi connectivity index (χ0n) is 17.7. The summed E-state index contributed by atoms with van der Waals surface area (Å²) in [6, 6.07) is -0.0335. The summed E-state index contributed by atoms with van der Waals surface area (Å²) in [6.45, 7) is 11.9. The molecule has 7 heteroatoms. The smallest absolute Gasteiger partial charge is 0.317 e. The number of anilines is 2. The molecular formula is C22H34N6O. The van der Waals surface area contributed by atoms with E-state index in [1.165, 1.54) is 32.1 Å². The predicted molar refractivity (Wildman–Crippen MR) is 116 cm³/mol. The first kappa shape index (κ1) is 20.0. The molecule has 0 spiro atoms. The molecule has 2 saturated heterocycles. The SMILES string of the molecule is C=CCNC(=O)N1CCc2nc(N3CCCCC3)nc(N3CCC(C)CC3)c2C1. The number of nitrogens with one attached hydrogen (secondary N) is 1. The molecular weight excluding hydrogens is 364 g/mol. The Morgan fingerprint density at radius 3 is 2.59 bits per heavy atom. The monoisotopic (exact) mass is 398 g/mol. The first-order chi connectivity index (χ1) is 14.2. The van der Waals surface area contributed by atoms with Crippen LogP contribution in [0.2, 0.25) is 0 Å². The van der Waals surface area contributed by atoms with Crippen molar-refractivity contribution >= 4 is 17.8 Å². The molecule has 0 atom stereocenters. The molecule has 1 aromatic heterocycles. The third-order valence-corrected chi connectivity index (χ3v) is 6.43. The number of hydrogen-bond acceptors (Lipinski definition) is 5. The van der Waals surface area contributed by atoms with Gasteiger partial charge in [-0.3, -0.25) is 0 Å². The molecule has 2 fully saturated rings. The Balaban J connectivity index is 1.63. The number of rotatable bonds is 4. The van der Waals surface area contributed by atoms with E-state index in [-0.39, 0.29) is 6.03 Å². The van der Waals surface area contributed by atoms with Crippen LogP contribution in [0.5, 0.6) is 0 Å². The van der Waals surface area contributed by atoms with Gasteiger partial charge < -0.3 is 20.0 Å². The molecule has 2 amide bonds. The molecule has 158 valence electrons. The van der Waals surface area contributed by atoms with E-state index in [2.05, 4.69) is 28.6 Å². The maximum absolute atomic E-state index is 12.5. The van der Waals surface area contributed by atoms with E-state index in [4.69, 9.17) is 9.97 Å². The highest BCUT2D eigenvalue weighted by atomic mass is 16.2. The fourth-order valence-electron chi connectivity index (χ4n) is 4.55. The number of fused-ring (bicyclic) bond motifs is 1. The molecule has 4 heterocycles. The maximum atomic E-state index is 12.5. The van der Waals surface area contributed by atoms with Gasteiger partial charge in [-0.25, -0.2) is 9.78 Å². The molecule has 29 heavy (non-hydrogen) atoms. The van der Waals surface area contributed by atoms with Gasteiger partial charge in [-0.1, -0.05) is 13.0 Å². The Kier molecular flexibility index (Phi) is 6.21. The summed E-state index contributed by atoms with van der Waals surface area (Å²) in [6.07, 6.45) is 8.62. The first-order valence-electron chi connectivity index (χ1n) is 11.2. The highest BCUT2D eigenvalue weighted by Crippen LogP contribution is 2.32. The zero-order chi connectivity index (χ0) is 20.2. The van der Waals surface area contributed by atoms with E-state index in [1.54, 1.807) is 6.08 Å². The summed E-state index contributed by atoms with van der Waals surface area (Å²) in [5.41, 5.74) is 2.27. The van der Waals surface area contributed by atoms with Crippen molar-refractivity contribution in [1.82, 2.24) is 20.2 Å². The number of aromatic nitrogens is 2. The van der Waals surface area contributed by atoms with Gasteiger partial charge in [0.1, 0.15) is 5.82 Å². The van der Waals surface area contributed by atoms with E-state index in [9.17, 15) is 4.79 Å². The van der Waals surface area contributed by atoms with Gasteiger partial charge in [0.2, 0.25) is 5.95 Å². The molecule has 0 aromatic carbocycles. The van der Waals surface area contributed by atoms with Crippen molar-refractivity contribution in [3.05, 3.63) is 23.9 Å². The number of urea groups is 1. The molecule has 4 rings (SSSR count). The summed E-state index contributed by atoms with van der Waals surface area (Å²) in [7, 11) is 0. The van der Waals surface area contributed by atoms with Crippen LogP contribution in [-0.4, -0.2) is 60.2 Å². The fraction of sp³-hybridized carbons (Fsp3) is 0.682. The highest BCUT2D eigenvalue weighted by Gasteiger charge is 2.30. The Labute approximate surface area is 174 Å². The fourth-order valence-corrected chi connectivity index (χ4v) is 4.55. The highest BCUT2D eigenvalue weighted by molar-refractivity contribution is 5.75. The van der Waals surface area contributed by atoms with Gasteiger partial charge in [0.15, 0.2) is 0 Å². The van der Waals surface area contributed by atoms with Gasteiger partial charge in [0.05, 0.1) is 12.2 Å². The molecule has 1 aromatic rings. The average Bonchev–Trinajstić information content (AvgIpc) is 2.77. The van der Waals surface area contributed by atoms with Crippen LogP contribution in [0.1, 0.15) is 50.3 Å². The second-order valence-corrected chi connectivity index (χ2v) is 8.64. The Bertz CT molecular complexity index is 737. The number of amides is 2. The second kappa shape index (κ2) is 9.01. The molecule has 3 aliphatic heterocycles. The Morgan fingerprint density at radius 2 is 1.86 bits per heavy atom. The van der Waals surface area contributed by atoms with Gasteiger partial charge in [-0.05, 0) is 38.0 Å². The van der Waals surface area contributed by atoms with Gasteiger partial charge in [-0.2, -0.15) is 4.98 Å². The minimum Gasteiger partial charge on any atom is -0.356 e. The van der Waals surface area contributed by atoms with Crippen molar-refractivity contribution < 1.29 is 4.79 Å². The second-order valence-electron chi connectivity index (χ2n) is 8.64. The van der Waals surface area contributed by atoms with E-state index >= 15 is 0 Å². The molecule has 7 nitrogen and oxygen atoms in total. The standard InChI is InChI=1S/C22H34N6O/c1-3-10-23-22(29)28-15-9-19-18(16-28)20(26-13-7-17(2)8-14-26)25-21(24-19)27-11-5-4-6-12-27/h3,17H,1,4-16H2,2H3,(H,23,29). The maximum Gasteiger partial charge on any atom is 0.317 e. The van der Waals surface area contributed by atoms with Crippen molar-refractivity contribution in [3.8, 4) is 0 Å². The van der Waals surface area contributed by atoms with Crippen LogP contribution >= 0.6 is 0 Å². The summed E-state index contributed by atoms with van der Waals surface area (Å²) in [5.74, 6) is 2.72. The van der Waals surface area contributed by atoms with Gasteiger partial charge in [0, 0.05) is 51.3 Å². The summed E-state index contributed by atoms with van der Waals surface area (Å²) in [5, 5.41) is 2.91. The Morgan fingerprint density at radius 1 is 1.10 bits per heavy atom. The van der Waals surface area contributed by atoms with Crippen LogP contribution in [0.3, 0.4) is 0 Å². The zero-order valence-corrected chi connectivity index (χ0v) is 17.7. The normalized spacial score (nSPS) is 20.4. The minimum absolute atomic E-state index is 0.0335. The molecule has 0 unspecified atom stereocenters. The predicted octanol–water partition coefficient (Wildman–Crippen LogP) is 2.96. The molecule has 3 aliphatic rings. The summed E-state index contributed by atoms with van der Waals surface area (Å²) in [4.78, 5) is 29.2. The lowest BCUT2D eigenvalue weighted by atomic mass is 9.98. The summed E-state index contributed by atoms with van der Waals surface area (Å²) < 4.78 is 0. The van der Waals surface area contributed by atoms with Gasteiger partial charge in [0.25, 0.3) is 0 Å². The molecule has 0 bridgehead atoms. The van der Waals surface area contributed by atoms with Crippen LogP contribution < -0.4 is 15.1 Å². The summed E-state index contributed by atoms with van der Waals surface area (Å²) >= 11 is 0. The van der Waals surface area contributed by atoms with Crippen molar-refractivity contribution in [2.24, 2.45) is 5.92 Å². The van der Waals surface area contributed by atoms with E-state index in [0.29, 0.717) is 19.6 Å². The molecule has 0 saturated carbocycles. The van der Waals surface area contributed by atoms with Crippen LogP contribution in [0.15, 0.2) is 12.7 Å². The van der Waals surface area contributed by atoms with Crippen LogP contribution in [0.25, 0.3) is 0 Å². The third kappa shape index (κ3) is 4.49. The number of carbonyl (C=O) groups excluding carboxylic acids is 1. The lowest BCUT2D eigenvalue weighted by molar-refractivity contribution is 0.193. The third-order valence-electron chi connectivity index (χ3n) is 6.43. The number of piperidine rings is 2. The molecule has 1 N–H and O–H groups in total. The van der Waals surface area contributed by atoms with Crippen molar-refractivity contribution in [3.63, 3.8) is 0 Å². The van der Waals surface area contributed by atoms with E-state index < -0.39 is 0 Å². The van der Waals surface area contributed by atoms with Crippen molar-refractivity contribution in [1.29, 1.82) is 0 Å². The van der Waals surface area contributed by atoms with Crippen molar-refractivity contribution in [2.45, 2.75) is 52.0 Å². The van der Waals surface area contributed by atoms with E-state index in [1.807, 2.05) is 4.90 Å². The van der Waals surface area contributed by atoms with Crippen LogP contribution in [0.4, 0.5) is 16.6 Å². The number of carbonyl (C=O) groups is 1. The number of nitrogens with zero attached hydrogens (tertiary/aromatic N) is 5. The van der Waals surface area contributed by atoms with Gasteiger partial charge in [-0.15, -0.1) is 6.58 Å². The van der Waals surface area contributed by atoms with Crippen LogP contribution in [0, 0.1) is 5.92 Å². The van der Waals surface area contributed by atoms with Crippen molar-refractivity contribution in [2.75, 3.05) is 49.1 Å². The van der Waals surface area contributed by atoms with Gasteiger partial charge >= 0.3 is 6.03 Å². The first-order valence-corrected chi connectivity index (χ1v) is 11.2.